The van der Waals surface area contributed by atoms with Crippen LogP contribution < -0.4 is 4.74 Å². The third-order valence-electron chi connectivity index (χ3n) is 4.55. The molecular formula is C20H25BrN2O. The molecule has 3 rings (SSSR count). The van der Waals surface area contributed by atoms with Gasteiger partial charge in [0, 0.05) is 32.7 Å². The van der Waals surface area contributed by atoms with Gasteiger partial charge in [0.05, 0.1) is 4.47 Å². The molecule has 0 radical (unpaired) electrons. The van der Waals surface area contributed by atoms with Crippen LogP contribution in [0.15, 0.2) is 53.0 Å². The highest BCUT2D eigenvalue weighted by Crippen LogP contribution is 2.27. The van der Waals surface area contributed by atoms with E-state index < -0.39 is 0 Å². The molecule has 24 heavy (non-hydrogen) atoms. The summed E-state index contributed by atoms with van der Waals surface area (Å²) in [7, 11) is 2.20. The molecule has 0 aliphatic carbocycles. The Labute approximate surface area is 153 Å². The van der Waals surface area contributed by atoms with E-state index >= 15 is 0 Å². The van der Waals surface area contributed by atoms with Gasteiger partial charge in [-0.25, -0.2) is 0 Å². The first kappa shape index (κ1) is 17.5. The van der Waals surface area contributed by atoms with Crippen LogP contribution in [0.1, 0.15) is 11.1 Å². The molecule has 128 valence electrons. The molecule has 0 bridgehead atoms. The molecule has 0 saturated carbocycles. The van der Waals surface area contributed by atoms with Crippen LogP contribution in [0.25, 0.3) is 0 Å². The summed E-state index contributed by atoms with van der Waals surface area (Å²) >= 11 is 3.65. The molecule has 0 atom stereocenters. The summed E-state index contributed by atoms with van der Waals surface area (Å²) in [5.74, 6) is 0.905. The predicted molar refractivity (Wildman–Crippen MR) is 103 cm³/mol. The van der Waals surface area contributed by atoms with Crippen LogP contribution in [0.2, 0.25) is 0 Å². The maximum absolute atomic E-state index is 5.92. The van der Waals surface area contributed by atoms with E-state index in [2.05, 4.69) is 63.1 Å². The third kappa shape index (κ3) is 5.07. The number of piperazine rings is 1. The van der Waals surface area contributed by atoms with Crippen molar-refractivity contribution in [1.29, 1.82) is 0 Å². The number of hydrogen-bond donors (Lipinski definition) is 0. The Morgan fingerprint density at radius 2 is 1.71 bits per heavy atom. The first-order chi connectivity index (χ1) is 11.7. The normalized spacial score (nSPS) is 16.2. The van der Waals surface area contributed by atoms with Crippen molar-refractivity contribution < 1.29 is 4.74 Å². The Morgan fingerprint density at radius 1 is 0.958 bits per heavy atom. The molecule has 0 spiro atoms. The molecule has 4 heteroatoms. The summed E-state index contributed by atoms with van der Waals surface area (Å²) in [4.78, 5) is 4.94. The summed E-state index contributed by atoms with van der Waals surface area (Å²) in [5, 5.41) is 0. The molecule has 3 nitrogen and oxygen atoms in total. The van der Waals surface area contributed by atoms with Crippen LogP contribution >= 0.6 is 15.9 Å². The minimum atomic E-state index is 0.597. The van der Waals surface area contributed by atoms with Gasteiger partial charge in [-0.15, -0.1) is 0 Å². The fourth-order valence-corrected chi connectivity index (χ4v) is 3.45. The first-order valence-electron chi connectivity index (χ1n) is 8.57. The summed E-state index contributed by atoms with van der Waals surface area (Å²) in [6.45, 7) is 6.43. The van der Waals surface area contributed by atoms with E-state index in [-0.39, 0.29) is 0 Å². The second-order valence-corrected chi connectivity index (χ2v) is 7.29. The monoisotopic (exact) mass is 388 g/mol. The fourth-order valence-electron chi connectivity index (χ4n) is 2.91. The van der Waals surface area contributed by atoms with E-state index in [0.717, 1.165) is 23.2 Å². The summed E-state index contributed by atoms with van der Waals surface area (Å²) in [5.41, 5.74) is 2.54. The summed E-state index contributed by atoms with van der Waals surface area (Å²) in [6.07, 6.45) is 1.08. The van der Waals surface area contributed by atoms with Crippen molar-refractivity contribution in [2.24, 2.45) is 0 Å². The van der Waals surface area contributed by atoms with E-state index in [1.807, 2.05) is 18.2 Å². The van der Waals surface area contributed by atoms with E-state index in [9.17, 15) is 0 Å². The van der Waals surface area contributed by atoms with Crippen LogP contribution in [0.5, 0.6) is 5.75 Å². The minimum Gasteiger partial charge on any atom is -0.488 e. The molecule has 1 aliphatic heterocycles. The quantitative estimate of drug-likeness (QED) is 0.747. The number of benzene rings is 2. The van der Waals surface area contributed by atoms with Gasteiger partial charge in [0.2, 0.25) is 0 Å². The Kier molecular flexibility index (Phi) is 6.30. The average Bonchev–Trinajstić information content (AvgIpc) is 2.61. The first-order valence-corrected chi connectivity index (χ1v) is 9.36. The van der Waals surface area contributed by atoms with Gasteiger partial charge in [0.25, 0.3) is 0 Å². The standard InChI is InChI=1S/C20H25BrN2O/c1-22-11-13-23(14-12-22)10-9-17-7-8-20(19(21)15-17)24-16-18-5-3-2-4-6-18/h2-8,15H,9-14,16H2,1H3. The molecule has 0 aromatic heterocycles. The lowest BCUT2D eigenvalue weighted by Crippen LogP contribution is -2.45. The molecule has 1 saturated heterocycles. The van der Waals surface area contributed by atoms with Crippen molar-refractivity contribution in [1.82, 2.24) is 9.80 Å². The Balaban J connectivity index is 1.50. The molecule has 2 aromatic carbocycles. The molecular weight excluding hydrogens is 364 g/mol. The van der Waals surface area contributed by atoms with Crippen LogP contribution in [0, 0.1) is 0 Å². The lowest BCUT2D eigenvalue weighted by Gasteiger charge is -2.32. The second kappa shape index (κ2) is 8.65. The van der Waals surface area contributed by atoms with E-state index in [1.54, 1.807) is 0 Å². The van der Waals surface area contributed by atoms with Gasteiger partial charge in [0.15, 0.2) is 0 Å². The van der Waals surface area contributed by atoms with Gasteiger partial charge < -0.3 is 14.5 Å². The topological polar surface area (TPSA) is 15.7 Å². The Bertz CT molecular complexity index is 639. The maximum atomic E-state index is 5.92. The van der Waals surface area contributed by atoms with Crippen LogP contribution in [0.4, 0.5) is 0 Å². The zero-order valence-corrected chi connectivity index (χ0v) is 15.8. The van der Waals surface area contributed by atoms with Crippen LogP contribution in [-0.4, -0.2) is 49.6 Å². The van der Waals surface area contributed by atoms with Gasteiger partial charge in [0.1, 0.15) is 12.4 Å². The third-order valence-corrected chi connectivity index (χ3v) is 5.17. The van der Waals surface area contributed by atoms with Crippen molar-refractivity contribution in [3.8, 4) is 5.75 Å². The number of hydrogen-bond acceptors (Lipinski definition) is 3. The number of ether oxygens (including phenoxy) is 1. The summed E-state index contributed by atoms with van der Waals surface area (Å²) < 4.78 is 6.96. The van der Waals surface area contributed by atoms with Crippen LogP contribution in [0.3, 0.4) is 0 Å². The lowest BCUT2D eigenvalue weighted by molar-refractivity contribution is 0.155. The zero-order valence-electron chi connectivity index (χ0n) is 14.2. The van der Waals surface area contributed by atoms with Gasteiger partial charge >= 0.3 is 0 Å². The fraction of sp³-hybridized carbons (Fsp3) is 0.400. The average molecular weight is 389 g/mol. The largest absolute Gasteiger partial charge is 0.488 e. The highest BCUT2D eigenvalue weighted by molar-refractivity contribution is 9.10. The number of nitrogens with zero attached hydrogens (tertiary/aromatic N) is 2. The minimum absolute atomic E-state index is 0.597. The lowest BCUT2D eigenvalue weighted by atomic mass is 10.1. The molecule has 1 fully saturated rings. The molecule has 0 amide bonds. The highest BCUT2D eigenvalue weighted by Gasteiger charge is 2.13. The smallest absolute Gasteiger partial charge is 0.134 e. The Hall–Kier alpha value is -1.36. The molecule has 0 unspecified atom stereocenters. The molecule has 1 heterocycles. The summed E-state index contributed by atoms with van der Waals surface area (Å²) in [6, 6.07) is 16.7. The van der Waals surface area contributed by atoms with E-state index in [1.165, 1.54) is 37.3 Å². The SMILES string of the molecule is CN1CCN(CCc2ccc(OCc3ccccc3)c(Br)c2)CC1. The number of rotatable bonds is 6. The zero-order chi connectivity index (χ0) is 16.8. The maximum Gasteiger partial charge on any atom is 0.134 e. The molecule has 1 aliphatic rings. The number of halogens is 1. The molecule has 0 N–H and O–H groups in total. The number of likely N-dealkylation sites (N-methyl/N-ethyl adjacent to an activating group) is 1. The van der Waals surface area contributed by atoms with Crippen LogP contribution in [-0.2, 0) is 13.0 Å². The van der Waals surface area contributed by atoms with Gasteiger partial charge in [-0.05, 0) is 52.7 Å². The van der Waals surface area contributed by atoms with Crippen molar-refractivity contribution >= 4 is 15.9 Å². The molecule has 2 aromatic rings. The predicted octanol–water partition coefficient (Wildman–Crippen LogP) is 3.82. The van der Waals surface area contributed by atoms with Gasteiger partial charge in [-0.1, -0.05) is 36.4 Å². The highest BCUT2D eigenvalue weighted by atomic mass is 79.9. The van der Waals surface area contributed by atoms with Gasteiger partial charge in [-0.2, -0.15) is 0 Å². The van der Waals surface area contributed by atoms with Crippen molar-refractivity contribution in [2.75, 3.05) is 39.8 Å². The second-order valence-electron chi connectivity index (χ2n) is 6.43. The van der Waals surface area contributed by atoms with Crippen molar-refractivity contribution in [3.63, 3.8) is 0 Å². The Morgan fingerprint density at radius 3 is 2.42 bits per heavy atom. The van der Waals surface area contributed by atoms with Crippen molar-refractivity contribution in [2.45, 2.75) is 13.0 Å². The van der Waals surface area contributed by atoms with Crippen molar-refractivity contribution in [3.05, 3.63) is 64.1 Å². The van der Waals surface area contributed by atoms with E-state index in [0.29, 0.717) is 6.61 Å². The van der Waals surface area contributed by atoms with E-state index in [4.69, 9.17) is 4.74 Å². The van der Waals surface area contributed by atoms with Gasteiger partial charge in [-0.3, -0.25) is 0 Å².